The summed E-state index contributed by atoms with van der Waals surface area (Å²) in [6, 6.07) is 11.4. The fourth-order valence-corrected chi connectivity index (χ4v) is 4.97. The van der Waals surface area contributed by atoms with E-state index in [0.717, 1.165) is 37.0 Å². The summed E-state index contributed by atoms with van der Waals surface area (Å²) < 4.78 is 5.54. The van der Waals surface area contributed by atoms with Crippen molar-refractivity contribution in [3.63, 3.8) is 0 Å². The first kappa shape index (κ1) is 21.7. The van der Waals surface area contributed by atoms with Gasteiger partial charge in [0.15, 0.2) is 10.3 Å². The van der Waals surface area contributed by atoms with Gasteiger partial charge in [0, 0.05) is 12.2 Å². The third-order valence-electron chi connectivity index (χ3n) is 5.28. The minimum absolute atomic E-state index is 0.00245. The zero-order chi connectivity index (χ0) is 21.6. The van der Waals surface area contributed by atoms with E-state index in [1.54, 1.807) is 18.3 Å². The van der Waals surface area contributed by atoms with Crippen molar-refractivity contribution in [1.82, 2.24) is 9.88 Å². The molecule has 1 saturated heterocycles. The molecular formula is C24H24ClN3O2S. The van der Waals surface area contributed by atoms with Crippen LogP contribution in [0.4, 0.5) is 5.69 Å². The van der Waals surface area contributed by atoms with Gasteiger partial charge in [0.05, 0.1) is 4.91 Å². The number of benzene rings is 1. The second-order valence-electron chi connectivity index (χ2n) is 7.45. The Morgan fingerprint density at radius 2 is 2.00 bits per heavy atom. The molecule has 2 aromatic rings. The van der Waals surface area contributed by atoms with E-state index in [2.05, 4.69) is 11.6 Å². The number of nitrogens with zero attached hydrogens (tertiary/aromatic N) is 3. The lowest BCUT2D eigenvalue weighted by atomic mass is 9.94. The van der Waals surface area contributed by atoms with Crippen molar-refractivity contribution in [2.75, 3.05) is 6.61 Å². The van der Waals surface area contributed by atoms with E-state index in [9.17, 15) is 4.79 Å². The van der Waals surface area contributed by atoms with E-state index in [4.69, 9.17) is 21.3 Å². The highest BCUT2D eigenvalue weighted by Gasteiger charge is 2.38. The van der Waals surface area contributed by atoms with Gasteiger partial charge in [-0.05, 0) is 60.5 Å². The zero-order valence-corrected chi connectivity index (χ0v) is 18.7. The Morgan fingerprint density at radius 1 is 1.23 bits per heavy atom. The molecule has 0 radical (unpaired) electrons. The third-order valence-corrected chi connectivity index (χ3v) is 6.55. The van der Waals surface area contributed by atoms with Crippen molar-refractivity contribution in [2.45, 2.75) is 38.1 Å². The molecule has 1 aromatic carbocycles. The number of amidine groups is 1. The van der Waals surface area contributed by atoms with Crippen LogP contribution >= 0.6 is 23.4 Å². The Hall–Kier alpha value is -2.57. The van der Waals surface area contributed by atoms with E-state index >= 15 is 0 Å². The van der Waals surface area contributed by atoms with Gasteiger partial charge in [0.25, 0.3) is 5.91 Å². The van der Waals surface area contributed by atoms with Crippen molar-refractivity contribution in [3.05, 3.63) is 70.9 Å². The average molecular weight is 454 g/mol. The molecule has 160 valence electrons. The zero-order valence-electron chi connectivity index (χ0n) is 17.2. The maximum Gasteiger partial charge on any atom is 0.267 e. The number of pyridine rings is 1. The van der Waals surface area contributed by atoms with Gasteiger partial charge < -0.3 is 4.74 Å². The molecule has 2 heterocycles. The van der Waals surface area contributed by atoms with Gasteiger partial charge in [-0.3, -0.25) is 9.69 Å². The summed E-state index contributed by atoms with van der Waals surface area (Å²) in [5.74, 6) is 0.771. The Bertz CT molecular complexity index is 1010. The Morgan fingerprint density at radius 3 is 2.71 bits per heavy atom. The summed E-state index contributed by atoms with van der Waals surface area (Å²) >= 11 is 7.62. The summed E-state index contributed by atoms with van der Waals surface area (Å²) in [4.78, 5) is 24.7. The van der Waals surface area contributed by atoms with Crippen LogP contribution in [0.1, 0.15) is 37.7 Å². The quantitative estimate of drug-likeness (QED) is 0.295. The van der Waals surface area contributed by atoms with Crippen molar-refractivity contribution in [1.29, 1.82) is 0 Å². The molecule has 1 aliphatic heterocycles. The van der Waals surface area contributed by atoms with Crippen molar-refractivity contribution < 1.29 is 9.53 Å². The lowest BCUT2D eigenvalue weighted by Gasteiger charge is -2.30. The average Bonchev–Trinajstić information content (AvgIpc) is 3.10. The highest BCUT2D eigenvalue weighted by molar-refractivity contribution is 8.18. The molecule has 1 amide bonds. The molecule has 0 unspecified atom stereocenters. The first-order chi connectivity index (χ1) is 15.2. The first-order valence-corrected chi connectivity index (χ1v) is 11.6. The summed E-state index contributed by atoms with van der Waals surface area (Å²) in [6.45, 7) is 4.12. The smallest absolute Gasteiger partial charge is 0.267 e. The van der Waals surface area contributed by atoms with Gasteiger partial charge in [-0.2, -0.15) is 0 Å². The normalized spacial score (nSPS) is 19.9. The van der Waals surface area contributed by atoms with E-state index in [0.29, 0.717) is 27.5 Å². The largest absolute Gasteiger partial charge is 0.490 e. The Kier molecular flexibility index (Phi) is 7.10. The van der Waals surface area contributed by atoms with Crippen LogP contribution < -0.4 is 4.74 Å². The third kappa shape index (κ3) is 5.20. The Balaban J connectivity index is 1.63. The number of carbonyl (C=O) groups excluding carboxylic acids is 1. The monoisotopic (exact) mass is 453 g/mol. The van der Waals surface area contributed by atoms with Gasteiger partial charge in [0.1, 0.15) is 18.0 Å². The van der Waals surface area contributed by atoms with E-state index in [-0.39, 0.29) is 11.9 Å². The van der Waals surface area contributed by atoms with Gasteiger partial charge >= 0.3 is 0 Å². The molecule has 4 rings (SSSR count). The van der Waals surface area contributed by atoms with Crippen LogP contribution in [0.2, 0.25) is 5.15 Å². The minimum atomic E-state index is 0.00245. The van der Waals surface area contributed by atoms with Crippen LogP contribution in [-0.2, 0) is 4.79 Å². The molecule has 2 aliphatic rings. The number of carbonyl (C=O) groups is 1. The van der Waals surface area contributed by atoms with Crippen molar-refractivity contribution in [3.8, 4) is 5.75 Å². The van der Waals surface area contributed by atoms with Crippen LogP contribution in [0.15, 0.2) is 65.1 Å². The molecule has 0 N–H and O–H groups in total. The minimum Gasteiger partial charge on any atom is -0.490 e. The lowest BCUT2D eigenvalue weighted by molar-refractivity contribution is -0.124. The van der Waals surface area contributed by atoms with Gasteiger partial charge in [0.2, 0.25) is 0 Å². The second kappa shape index (κ2) is 10.2. The van der Waals surface area contributed by atoms with E-state index in [1.165, 1.54) is 18.2 Å². The number of hydrogen-bond acceptors (Lipinski definition) is 5. The number of amides is 1. The predicted octanol–water partition coefficient (Wildman–Crippen LogP) is 6.24. The predicted molar refractivity (Wildman–Crippen MR) is 128 cm³/mol. The number of aromatic nitrogens is 1. The van der Waals surface area contributed by atoms with E-state index in [1.807, 2.05) is 41.3 Å². The van der Waals surface area contributed by atoms with Crippen molar-refractivity contribution in [2.24, 2.45) is 4.99 Å². The molecular weight excluding hydrogens is 430 g/mol. The van der Waals surface area contributed by atoms with E-state index < -0.39 is 0 Å². The molecule has 1 aromatic heterocycles. The number of rotatable bonds is 6. The maximum absolute atomic E-state index is 13.4. The Labute approximate surface area is 191 Å². The van der Waals surface area contributed by atoms with Crippen LogP contribution in [0.5, 0.6) is 5.75 Å². The highest BCUT2D eigenvalue weighted by Crippen LogP contribution is 2.39. The summed E-state index contributed by atoms with van der Waals surface area (Å²) in [7, 11) is 0. The maximum atomic E-state index is 13.4. The molecule has 7 heteroatoms. The van der Waals surface area contributed by atoms with Crippen LogP contribution in [-0.4, -0.2) is 33.6 Å². The SMILES string of the molecule is C=CCOc1ccc(/C=C2\SC(=Nc3cccnc3Cl)N(C3CCCCC3)C2=O)cc1. The lowest BCUT2D eigenvalue weighted by Crippen LogP contribution is -2.40. The molecule has 1 saturated carbocycles. The summed E-state index contributed by atoms with van der Waals surface area (Å²) in [5, 5.41) is 1.00. The van der Waals surface area contributed by atoms with Crippen LogP contribution in [0.25, 0.3) is 6.08 Å². The van der Waals surface area contributed by atoms with Crippen LogP contribution in [0.3, 0.4) is 0 Å². The molecule has 5 nitrogen and oxygen atoms in total. The van der Waals surface area contributed by atoms with Gasteiger partial charge in [-0.1, -0.05) is 55.7 Å². The van der Waals surface area contributed by atoms with Crippen LogP contribution in [0, 0.1) is 0 Å². The number of halogens is 1. The first-order valence-electron chi connectivity index (χ1n) is 10.4. The standard InChI is InChI=1S/C24H24ClN3O2S/c1-2-15-30-19-12-10-17(11-13-19)16-21-23(29)28(18-7-4-3-5-8-18)24(31-21)27-20-9-6-14-26-22(20)25/h2,6,9-14,16,18H,1,3-5,7-8,15H2/b21-16-,27-24?. The second-order valence-corrected chi connectivity index (χ2v) is 8.82. The van der Waals surface area contributed by atoms with Crippen molar-refractivity contribution >= 4 is 46.2 Å². The summed E-state index contributed by atoms with van der Waals surface area (Å²) in [6.07, 6.45) is 10.7. The topological polar surface area (TPSA) is 54.8 Å². The number of thioether (sulfide) groups is 1. The van der Waals surface area contributed by atoms with Gasteiger partial charge in [-0.25, -0.2) is 9.98 Å². The molecule has 0 bridgehead atoms. The fraction of sp³-hybridized carbons (Fsp3) is 0.292. The number of ether oxygens (including phenoxy) is 1. The molecule has 0 atom stereocenters. The fourth-order valence-electron chi connectivity index (χ4n) is 3.76. The molecule has 0 spiro atoms. The molecule has 31 heavy (non-hydrogen) atoms. The van der Waals surface area contributed by atoms with Gasteiger partial charge in [-0.15, -0.1) is 0 Å². The number of hydrogen-bond donors (Lipinski definition) is 0. The molecule has 2 fully saturated rings. The molecule has 1 aliphatic carbocycles. The number of aliphatic imine (C=N–C) groups is 1. The summed E-state index contributed by atoms with van der Waals surface area (Å²) in [5.41, 5.74) is 1.51. The highest BCUT2D eigenvalue weighted by atomic mass is 35.5.